The average molecular weight is 272 g/mol. The standard InChI is InChI=1S/C19H16N2/c1-19(2)18(16-11-7-4-8-12-16)17(20-21-19)14-13-15-9-5-3-6-10-15/h3-12H,1-2H3. The van der Waals surface area contributed by atoms with Gasteiger partial charge in [-0.1, -0.05) is 54.5 Å². The van der Waals surface area contributed by atoms with E-state index in [2.05, 4.69) is 48.0 Å². The van der Waals surface area contributed by atoms with E-state index in [1.54, 1.807) is 0 Å². The van der Waals surface area contributed by atoms with E-state index >= 15 is 0 Å². The van der Waals surface area contributed by atoms with Crippen molar-refractivity contribution in [1.29, 1.82) is 0 Å². The topological polar surface area (TPSA) is 24.7 Å². The molecule has 0 aromatic heterocycles. The number of hydrogen-bond donors (Lipinski definition) is 0. The first-order chi connectivity index (χ1) is 10.2. The molecule has 0 fully saturated rings. The second kappa shape index (κ2) is 5.38. The van der Waals surface area contributed by atoms with Crippen LogP contribution in [0.3, 0.4) is 0 Å². The van der Waals surface area contributed by atoms with Crippen molar-refractivity contribution in [3.8, 4) is 11.8 Å². The van der Waals surface area contributed by atoms with E-state index in [1.807, 2.05) is 48.5 Å². The van der Waals surface area contributed by atoms with Crippen LogP contribution in [0, 0.1) is 11.8 Å². The maximum Gasteiger partial charge on any atom is 0.142 e. The molecule has 0 N–H and O–H groups in total. The van der Waals surface area contributed by atoms with Gasteiger partial charge in [-0.05, 0) is 37.5 Å². The molecule has 0 saturated heterocycles. The van der Waals surface area contributed by atoms with Crippen molar-refractivity contribution in [1.82, 2.24) is 0 Å². The van der Waals surface area contributed by atoms with E-state index in [0.29, 0.717) is 0 Å². The molecule has 0 atom stereocenters. The van der Waals surface area contributed by atoms with Crippen molar-refractivity contribution >= 4 is 5.57 Å². The smallest absolute Gasteiger partial charge is 0.142 e. The summed E-state index contributed by atoms with van der Waals surface area (Å²) in [5.41, 5.74) is 3.63. The zero-order valence-electron chi connectivity index (χ0n) is 12.2. The van der Waals surface area contributed by atoms with Crippen LogP contribution in [-0.4, -0.2) is 5.54 Å². The number of rotatable bonds is 1. The lowest BCUT2D eigenvalue weighted by molar-refractivity contribution is 0.661. The van der Waals surface area contributed by atoms with E-state index in [0.717, 1.165) is 22.4 Å². The molecule has 2 heteroatoms. The van der Waals surface area contributed by atoms with Crippen molar-refractivity contribution in [2.75, 3.05) is 0 Å². The van der Waals surface area contributed by atoms with Crippen LogP contribution >= 0.6 is 0 Å². The third kappa shape index (κ3) is 2.78. The van der Waals surface area contributed by atoms with Gasteiger partial charge in [0.25, 0.3) is 0 Å². The lowest BCUT2D eigenvalue weighted by atomic mass is 9.88. The van der Waals surface area contributed by atoms with Gasteiger partial charge in [-0.3, -0.25) is 0 Å². The van der Waals surface area contributed by atoms with Gasteiger partial charge in [0.05, 0.1) is 0 Å². The summed E-state index contributed by atoms with van der Waals surface area (Å²) < 4.78 is 0. The van der Waals surface area contributed by atoms with Gasteiger partial charge >= 0.3 is 0 Å². The molecule has 0 aliphatic carbocycles. The number of azo groups is 1. The van der Waals surface area contributed by atoms with E-state index in [-0.39, 0.29) is 5.54 Å². The molecule has 0 radical (unpaired) electrons. The number of allylic oxidation sites excluding steroid dienone is 1. The molecule has 102 valence electrons. The molecular weight excluding hydrogens is 256 g/mol. The minimum atomic E-state index is -0.331. The second-order valence-corrected chi connectivity index (χ2v) is 5.46. The summed E-state index contributed by atoms with van der Waals surface area (Å²) in [6.45, 7) is 4.13. The molecule has 21 heavy (non-hydrogen) atoms. The molecule has 1 aliphatic rings. The Morgan fingerprint density at radius 2 is 1.43 bits per heavy atom. The Labute approximate surface area is 125 Å². The van der Waals surface area contributed by atoms with Crippen LogP contribution in [0.25, 0.3) is 5.57 Å². The third-order valence-corrected chi connectivity index (χ3v) is 3.41. The van der Waals surface area contributed by atoms with Crippen LogP contribution in [0.4, 0.5) is 0 Å². The molecule has 0 saturated carbocycles. The number of benzene rings is 2. The Morgan fingerprint density at radius 1 is 0.810 bits per heavy atom. The van der Waals surface area contributed by atoms with E-state index in [9.17, 15) is 0 Å². The van der Waals surface area contributed by atoms with Gasteiger partial charge < -0.3 is 0 Å². The quantitative estimate of drug-likeness (QED) is 0.673. The van der Waals surface area contributed by atoms with E-state index in [1.165, 1.54) is 0 Å². The molecule has 0 spiro atoms. The van der Waals surface area contributed by atoms with Crippen LogP contribution < -0.4 is 0 Å². The highest BCUT2D eigenvalue weighted by Gasteiger charge is 2.31. The van der Waals surface area contributed by atoms with Crippen LogP contribution in [0.2, 0.25) is 0 Å². The van der Waals surface area contributed by atoms with Gasteiger partial charge in [0.2, 0.25) is 0 Å². The summed E-state index contributed by atoms with van der Waals surface area (Å²) >= 11 is 0. The van der Waals surface area contributed by atoms with Gasteiger partial charge in [0, 0.05) is 11.1 Å². The highest BCUT2D eigenvalue weighted by Crippen LogP contribution is 2.38. The van der Waals surface area contributed by atoms with Gasteiger partial charge in [-0.2, -0.15) is 5.11 Å². The molecule has 0 unspecified atom stereocenters. The van der Waals surface area contributed by atoms with Crippen LogP contribution in [-0.2, 0) is 0 Å². The van der Waals surface area contributed by atoms with Crippen molar-refractivity contribution < 1.29 is 0 Å². The highest BCUT2D eigenvalue weighted by atomic mass is 15.2. The van der Waals surface area contributed by atoms with Gasteiger partial charge in [-0.25, -0.2) is 0 Å². The minimum absolute atomic E-state index is 0.331. The molecule has 0 amide bonds. The molecule has 1 aliphatic heterocycles. The van der Waals surface area contributed by atoms with Gasteiger partial charge in [-0.15, -0.1) is 5.11 Å². The summed E-state index contributed by atoms with van der Waals surface area (Å²) in [5.74, 6) is 6.33. The fraction of sp³-hybridized carbons (Fsp3) is 0.158. The molecule has 2 aromatic rings. The molecule has 2 nitrogen and oxygen atoms in total. The lowest BCUT2D eigenvalue weighted by Gasteiger charge is -2.17. The first-order valence-corrected chi connectivity index (χ1v) is 6.97. The third-order valence-electron chi connectivity index (χ3n) is 3.41. The predicted octanol–water partition coefficient (Wildman–Crippen LogP) is 4.69. The second-order valence-electron chi connectivity index (χ2n) is 5.46. The first-order valence-electron chi connectivity index (χ1n) is 6.97. The zero-order valence-corrected chi connectivity index (χ0v) is 12.2. The Balaban J connectivity index is 2.06. The van der Waals surface area contributed by atoms with Crippen LogP contribution in [0.1, 0.15) is 25.0 Å². The Morgan fingerprint density at radius 3 is 2.10 bits per heavy atom. The molecular formula is C19H16N2. The normalized spacial score (nSPS) is 15.7. The lowest BCUT2D eigenvalue weighted by Crippen LogP contribution is -2.16. The highest BCUT2D eigenvalue weighted by molar-refractivity contribution is 5.79. The maximum atomic E-state index is 4.37. The Kier molecular flexibility index (Phi) is 3.41. The summed E-state index contributed by atoms with van der Waals surface area (Å²) in [5, 5.41) is 8.66. The van der Waals surface area contributed by atoms with Crippen molar-refractivity contribution in [2.45, 2.75) is 19.4 Å². The number of nitrogens with zero attached hydrogens (tertiary/aromatic N) is 2. The Bertz CT molecular complexity index is 757. The van der Waals surface area contributed by atoms with Crippen molar-refractivity contribution in [2.24, 2.45) is 10.2 Å². The zero-order chi connectivity index (χ0) is 14.7. The fourth-order valence-corrected chi connectivity index (χ4v) is 2.40. The summed E-state index contributed by atoms with van der Waals surface area (Å²) in [7, 11) is 0. The molecule has 1 heterocycles. The van der Waals surface area contributed by atoms with Crippen molar-refractivity contribution in [3.05, 3.63) is 77.5 Å². The summed E-state index contributed by atoms with van der Waals surface area (Å²) in [4.78, 5) is 0. The monoisotopic (exact) mass is 272 g/mol. The van der Waals surface area contributed by atoms with Crippen LogP contribution in [0.5, 0.6) is 0 Å². The molecule has 0 bridgehead atoms. The largest absolute Gasteiger partial charge is 0.177 e. The summed E-state index contributed by atoms with van der Waals surface area (Å²) in [6, 6.07) is 20.2. The number of hydrogen-bond acceptors (Lipinski definition) is 2. The van der Waals surface area contributed by atoms with Crippen molar-refractivity contribution in [3.63, 3.8) is 0 Å². The average Bonchev–Trinajstić information content (AvgIpc) is 2.82. The fourth-order valence-electron chi connectivity index (χ4n) is 2.40. The predicted molar refractivity (Wildman–Crippen MR) is 85.6 cm³/mol. The van der Waals surface area contributed by atoms with E-state index < -0.39 is 0 Å². The molecule has 3 rings (SSSR count). The van der Waals surface area contributed by atoms with Gasteiger partial charge in [0.1, 0.15) is 11.2 Å². The van der Waals surface area contributed by atoms with E-state index in [4.69, 9.17) is 0 Å². The molecule has 2 aromatic carbocycles. The summed E-state index contributed by atoms with van der Waals surface area (Å²) in [6.07, 6.45) is 0. The first kappa shape index (κ1) is 13.3. The minimum Gasteiger partial charge on any atom is -0.177 e. The van der Waals surface area contributed by atoms with Gasteiger partial charge in [0.15, 0.2) is 0 Å². The maximum absolute atomic E-state index is 4.37. The van der Waals surface area contributed by atoms with Crippen LogP contribution in [0.15, 0.2) is 76.6 Å². The Hall–Kier alpha value is -2.66. The SMILES string of the molecule is CC1(C)N=NC(C#Cc2ccccc2)=C1c1ccccc1.